The van der Waals surface area contributed by atoms with Crippen molar-refractivity contribution in [3.8, 4) is 0 Å². The number of rotatable bonds is 4. The highest BCUT2D eigenvalue weighted by Crippen LogP contribution is 2.18. The minimum Gasteiger partial charge on any atom is -0.381 e. The van der Waals surface area contributed by atoms with Crippen molar-refractivity contribution in [2.75, 3.05) is 13.2 Å². The van der Waals surface area contributed by atoms with E-state index in [2.05, 4.69) is 10.3 Å². The van der Waals surface area contributed by atoms with Gasteiger partial charge < -0.3 is 20.4 Å². The third-order valence-corrected chi connectivity index (χ3v) is 4.38. The fourth-order valence-electron chi connectivity index (χ4n) is 2.93. The van der Waals surface area contributed by atoms with E-state index in [1.807, 2.05) is 35.9 Å². The van der Waals surface area contributed by atoms with E-state index in [-0.39, 0.29) is 11.8 Å². The predicted molar refractivity (Wildman–Crippen MR) is 84.1 cm³/mol. The smallest absolute Gasteiger partial charge is 0.237 e. The van der Waals surface area contributed by atoms with Crippen LogP contribution >= 0.6 is 0 Å². The number of nitrogens with one attached hydrogen (secondary N) is 1. The molecule has 0 bridgehead atoms. The summed E-state index contributed by atoms with van der Waals surface area (Å²) in [4.78, 5) is 16.8. The number of carbonyl (C=O) groups is 1. The van der Waals surface area contributed by atoms with Crippen LogP contribution in [-0.2, 0) is 23.1 Å². The molecule has 1 aliphatic heterocycles. The van der Waals surface area contributed by atoms with Gasteiger partial charge in [0.25, 0.3) is 0 Å². The van der Waals surface area contributed by atoms with Crippen LogP contribution in [0.15, 0.2) is 24.3 Å². The molecule has 1 atom stereocenters. The second-order valence-electron chi connectivity index (χ2n) is 5.77. The molecule has 2 heterocycles. The summed E-state index contributed by atoms with van der Waals surface area (Å²) in [6.07, 6.45) is 1.70. The number of aryl methyl sites for hydroxylation is 1. The maximum atomic E-state index is 12.2. The van der Waals surface area contributed by atoms with Crippen molar-refractivity contribution in [3.63, 3.8) is 0 Å². The number of benzene rings is 1. The zero-order chi connectivity index (χ0) is 15.5. The van der Waals surface area contributed by atoms with Gasteiger partial charge in [-0.15, -0.1) is 0 Å². The Labute approximate surface area is 129 Å². The summed E-state index contributed by atoms with van der Waals surface area (Å²) in [5.41, 5.74) is 8.06. The Morgan fingerprint density at radius 2 is 2.18 bits per heavy atom. The van der Waals surface area contributed by atoms with Gasteiger partial charge in [0.1, 0.15) is 5.82 Å². The molecule has 0 saturated carbocycles. The normalized spacial score (nSPS) is 17.5. The molecule has 6 heteroatoms. The maximum Gasteiger partial charge on any atom is 0.237 e. The average molecular weight is 302 g/mol. The van der Waals surface area contributed by atoms with Crippen LogP contribution in [0.25, 0.3) is 11.0 Å². The Bertz CT molecular complexity index is 661. The number of nitrogens with two attached hydrogens (primary N) is 1. The first kappa shape index (κ1) is 15.0. The number of fused-ring (bicyclic) bond motifs is 1. The number of carbonyl (C=O) groups excluding carboxylic acids is 1. The Morgan fingerprint density at radius 3 is 2.91 bits per heavy atom. The summed E-state index contributed by atoms with van der Waals surface area (Å²) in [6, 6.07) is 7.45. The van der Waals surface area contributed by atoms with Gasteiger partial charge in [-0.1, -0.05) is 12.1 Å². The van der Waals surface area contributed by atoms with Gasteiger partial charge in [0.15, 0.2) is 0 Å². The topological polar surface area (TPSA) is 82.2 Å². The van der Waals surface area contributed by atoms with Crippen molar-refractivity contribution in [1.29, 1.82) is 0 Å². The second kappa shape index (κ2) is 6.46. The van der Waals surface area contributed by atoms with Crippen molar-refractivity contribution in [2.24, 2.45) is 18.7 Å². The number of aromatic nitrogens is 2. The molecular weight excluding hydrogens is 280 g/mol. The van der Waals surface area contributed by atoms with E-state index in [0.29, 0.717) is 19.8 Å². The SMILES string of the molecule is Cn1c(CNC(=O)C(N)C2CCOCC2)nc2ccccc21. The van der Waals surface area contributed by atoms with Gasteiger partial charge in [0, 0.05) is 20.3 Å². The van der Waals surface area contributed by atoms with Crippen LogP contribution < -0.4 is 11.1 Å². The zero-order valence-electron chi connectivity index (χ0n) is 12.8. The fraction of sp³-hybridized carbons (Fsp3) is 0.500. The van der Waals surface area contributed by atoms with Crippen LogP contribution in [0.5, 0.6) is 0 Å². The molecule has 1 amide bonds. The Hall–Kier alpha value is -1.92. The predicted octanol–water partition coefficient (Wildman–Crippen LogP) is 0.943. The molecule has 3 rings (SSSR count). The van der Waals surface area contributed by atoms with Crippen molar-refractivity contribution >= 4 is 16.9 Å². The van der Waals surface area contributed by atoms with Gasteiger partial charge >= 0.3 is 0 Å². The fourth-order valence-corrected chi connectivity index (χ4v) is 2.93. The molecule has 1 fully saturated rings. The summed E-state index contributed by atoms with van der Waals surface area (Å²) in [5, 5.41) is 2.91. The van der Waals surface area contributed by atoms with E-state index in [0.717, 1.165) is 29.7 Å². The van der Waals surface area contributed by atoms with Gasteiger partial charge in [-0.25, -0.2) is 4.98 Å². The summed E-state index contributed by atoms with van der Waals surface area (Å²) in [6.45, 7) is 1.77. The van der Waals surface area contributed by atoms with Crippen molar-refractivity contribution in [2.45, 2.75) is 25.4 Å². The number of hydrogen-bond acceptors (Lipinski definition) is 4. The number of nitrogens with zero attached hydrogens (tertiary/aromatic N) is 2. The summed E-state index contributed by atoms with van der Waals surface area (Å²) < 4.78 is 7.30. The molecule has 1 aromatic carbocycles. The maximum absolute atomic E-state index is 12.2. The standard InChI is InChI=1S/C16H22N4O2/c1-20-13-5-3-2-4-12(13)19-14(20)10-18-16(21)15(17)11-6-8-22-9-7-11/h2-5,11,15H,6-10,17H2,1H3,(H,18,21). The van der Waals surface area contributed by atoms with E-state index in [1.165, 1.54) is 0 Å². The van der Waals surface area contributed by atoms with Crippen LogP contribution in [0.1, 0.15) is 18.7 Å². The molecule has 6 nitrogen and oxygen atoms in total. The van der Waals surface area contributed by atoms with E-state index >= 15 is 0 Å². The molecular formula is C16H22N4O2. The van der Waals surface area contributed by atoms with Crippen LogP contribution in [-0.4, -0.2) is 34.7 Å². The molecule has 22 heavy (non-hydrogen) atoms. The molecule has 0 aliphatic carbocycles. The first-order valence-electron chi connectivity index (χ1n) is 7.68. The molecule has 2 aromatic rings. The molecule has 118 valence electrons. The van der Waals surface area contributed by atoms with Gasteiger partial charge in [0.2, 0.25) is 5.91 Å². The quantitative estimate of drug-likeness (QED) is 0.881. The van der Waals surface area contributed by atoms with Crippen molar-refractivity contribution in [1.82, 2.24) is 14.9 Å². The van der Waals surface area contributed by atoms with Crippen LogP contribution in [0, 0.1) is 5.92 Å². The van der Waals surface area contributed by atoms with Crippen LogP contribution in [0.4, 0.5) is 0 Å². The first-order chi connectivity index (χ1) is 10.7. The number of hydrogen-bond donors (Lipinski definition) is 2. The molecule has 0 radical (unpaired) electrons. The molecule has 0 spiro atoms. The lowest BCUT2D eigenvalue weighted by Crippen LogP contribution is -2.47. The highest BCUT2D eigenvalue weighted by atomic mass is 16.5. The Kier molecular flexibility index (Phi) is 4.40. The zero-order valence-corrected chi connectivity index (χ0v) is 12.8. The number of ether oxygens (including phenoxy) is 1. The van der Waals surface area contributed by atoms with Gasteiger partial charge in [-0.2, -0.15) is 0 Å². The van der Waals surface area contributed by atoms with Gasteiger partial charge in [-0.3, -0.25) is 4.79 Å². The summed E-state index contributed by atoms with van der Waals surface area (Å²) in [5.74, 6) is 0.918. The van der Waals surface area contributed by atoms with Crippen molar-refractivity contribution < 1.29 is 9.53 Å². The van der Waals surface area contributed by atoms with Crippen LogP contribution in [0.3, 0.4) is 0 Å². The summed E-state index contributed by atoms with van der Waals surface area (Å²) in [7, 11) is 1.95. The van der Waals surface area contributed by atoms with Gasteiger partial charge in [0.05, 0.1) is 23.6 Å². The molecule has 1 saturated heterocycles. The minimum atomic E-state index is -0.474. The van der Waals surface area contributed by atoms with Crippen LogP contribution in [0.2, 0.25) is 0 Å². The molecule has 3 N–H and O–H groups in total. The highest BCUT2D eigenvalue weighted by molar-refractivity contribution is 5.82. The number of amides is 1. The highest BCUT2D eigenvalue weighted by Gasteiger charge is 2.26. The lowest BCUT2D eigenvalue weighted by atomic mass is 9.92. The molecule has 1 aliphatic rings. The molecule has 1 unspecified atom stereocenters. The Morgan fingerprint density at radius 1 is 1.45 bits per heavy atom. The monoisotopic (exact) mass is 302 g/mol. The van der Waals surface area contributed by atoms with E-state index in [4.69, 9.17) is 10.5 Å². The lowest BCUT2D eigenvalue weighted by Gasteiger charge is -2.26. The summed E-state index contributed by atoms with van der Waals surface area (Å²) >= 11 is 0. The third-order valence-electron chi connectivity index (χ3n) is 4.38. The average Bonchev–Trinajstić information content (AvgIpc) is 2.89. The Balaban J connectivity index is 1.63. The third kappa shape index (κ3) is 2.98. The van der Waals surface area contributed by atoms with E-state index in [1.54, 1.807) is 0 Å². The minimum absolute atomic E-state index is 0.112. The number of para-hydroxylation sites is 2. The lowest BCUT2D eigenvalue weighted by molar-refractivity contribution is -0.124. The second-order valence-corrected chi connectivity index (χ2v) is 5.77. The first-order valence-corrected chi connectivity index (χ1v) is 7.68. The van der Waals surface area contributed by atoms with E-state index in [9.17, 15) is 4.79 Å². The molecule has 1 aromatic heterocycles. The van der Waals surface area contributed by atoms with E-state index < -0.39 is 6.04 Å². The number of imidazole rings is 1. The van der Waals surface area contributed by atoms with Crippen molar-refractivity contribution in [3.05, 3.63) is 30.1 Å². The van der Waals surface area contributed by atoms with Gasteiger partial charge in [-0.05, 0) is 30.9 Å². The largest absolute Gasteiger partial charge is 0.381 e.